The second-order valence-electron chi connectivity index (χ2n) is 3.61. The highest BCUT2D eigenvalue weighted by molar-refractivity contribution is 6.28. The fourth-order valence-corrected chi connectivity index (χ4v) is 1.29. The molecule has 0 radical (unpaired) electrons. The fraction of sp³-hybridized carbons (Fsp3) is 0.556. The number of carbonyl (C=O) groups excluding carboxylic acids is 1. The number of carbonyl (C=O) groups is 1. The molecule has 0 saturated heterocycles. The Hall–Kier alpha value is -1.63. The summed E-state index contributed by atoms with van der Waals surface area (Å²) in [4.78, 5) is 23.1. The van der Waals surface area contributed by atoms with Crippen LogP contribution in [0, 0.1) is 0 Å². The Kier molecular flexibility index (Phi) is 4.45. The Bertz CT molecular complexity index is 410. The Balaban J connectivity index is 3.08. The largest absolute Gasteiger partial charge is 0.357 e. The maximum atomic E-state index is 11.1. The molecule has 1 heterocycles. The second-order valence-corrected chi connectivity index (χ2v) is 3.95. The number of hydrazine groups is 1. The van der Waals surface area contributed by atoms with E-state index < -0.39 is 0 Å². The molecule has 0 aliphatic heterocycles. The third-order valence-corrected chi connectivity index (χ3v) is 2.00. The summed E-state index contributed by atoms with van der Waals surface area (Å²) in [5.41, 5.74) is 2.63. The second kappa shape index (κ2) is 5.62. The van der Waals surface area contributed by atoms with Crippen molar-refractivity contribution in [2.75, 3.05) is 17.4 Å². The number of nitrogens with one attached hydrogen (secondary N) is 2. The Labute approximate surface area is 105 Å². The number of halogens is 1. The van der Waals surface area contributed by atoms with Crippen molar-refractivity contribution in [2.45, 2.75) is 26.8 Å². The Morgan fingerprint density at radius 3 is 2.47 bits per heavy atom. The van der Waals surface area contributed by atoms with Crippen LogP contribution in [0.2, 0.25) is 5.28 Å². The van der Waals surface area contributed by atoms with Crippen molar-refractivity contribution in [2.24, 2.45) is 0 Å². The third-order valence-electron chi connectivity index (χ3n) is 1.83. The van der Waals surface area contributed by atoms with E-state index in [1.54, 1.807) is 7.05 Å². The molecule has 0 saturated carbocycles. The summed E-state index contributed by atoms with van der Waals surface area (Å²) in [7, 11) is 1.67. The van der Waals surface area contributed by atoms with Crippen LogP contribution in [-0.4, -0.2) is 33.9 Å². The van der Waals surface area contributed by atoms with E-state index >= 15 is 0 Å². The van der Waals surface area contributed by atoms with Crippen LogP contribution in [0.1, 0.15) is 20.8 Å². The van der Waals surface area contributed by atoms with Crippen molar-refractivity contribution < 1.29 is 4.79 Å². The van der Waals surface area contributed by atoms with Crippen LogP contribution in [0.4, 0.5) is 11.9 Å². The lowest BCUT2D eigenvalue weighted by Crippen LogP contribution is -2.46. The van der Waals surface area contributed by atoms with Gasteiger partial charge >= 0.3 is 0 Å². The van der Waals surface area contributed by atoms with E-state index in [1.807, 2.05) is 13.8 Å². The molecular weight excluding hydrogens is 244 g/mol. The molecule has 0 fully saturated rings. The van der Waals surface area contributed by atoms with Gasteiger partial charge in [0.25, 0.3) is 5.95 Å². The molecule has 0 aliphatic rings. The maximum absolute atomic E-state index is 11.1. The number of rotatable bonds is 4. The summed E-state index contributed by atoms with van der Waals surface area (Å²) in [6.45, 7) is 5.20. The number of anilines is 2. The van der Waals surface area contributed by atoms with Crippen molar-refractivity contribution in [1.29, 1.82) is 0 Å². The van der Waals surface area contributed by atoms with Gasteiger partial charge in [-0.15, -0.1) is 0 Å². The lowest BCUT2D eigenvalue weighted by molar-refractivity contribution is -0.119. The van der Waals surface area contributed by atoms with Crippen LogP contribution in [0.15, 0.2) is 0 Å². The lowest BCUT2D eigenvalue weighted by Gasteiger charge is -2.26. The predicted octanol–water partition coefficient (Wildman–Crippen LogP) is 0.833. The summed E-state index contributed by atoms with van der Waals surface area (Å²) >= 11 is 5.77. The monoisotopic (exact) mass is 258 g/mol. The topological polar surface area (TPSA) is 83.0 Å². The fourth-order valence-electron chi connectivity index (χ4n) is 1.14. The first kappa shape index (κ1) is 13.4. The molecule has 1 aromatic rings. The number of amides is 1. The van der Waals surface area contributed by atoms with E-state index in [0.717, 1.165) is 0 Å². The van der Waals surface area contributed by atoms with Gasteiger partial charge in [0.05, 0.1) is 0 Å². The van der Waals surface area contributed by atoms with Gasteiger partial charge in [-0.05, 0) is 25.4 Å². The van der Waals surface area contributed by atoms with Gasteiger partial charge in [-0.25, -0.2) is 5.01 Å². The minimum absolute atomic E-state index is 0.0120. The lowest BCUT2D eigenvalue weighted by atomic mass is 10.4. The third kappa shape index (κ3) is 3.70. The summed E-state index contributed by atoms with van der Waals surface area (Å²) in [5, 5.41) is 4.36. The molecule has 1 amide bonds. The van der Waals surface area contributed by atoms with Gasteiger partial charge in [-0.3, -0.25) is 10.2 Å². The molecule has 0 aliphatic carbocycles. The molecule has 1 rings (SSSR count). The van der Waals surface area contributed by atoms with Gasteiger partial charge in [0, 0.05) is 20.0 Å². The SMILES string of the molecule is CNc1nc(Cl)nc(N(NC(C)=O)C(C)C)n1. The van der Waals surface area contributed by atoms with Crippen LogP contribution in [0.3, 0.4) is 0 Å². The normalized spacial score (nSPS) is 10.2. The van der Waals surface area contributed by atoms with Crippen LogP contribution < -0.4 is 15.8 Å². The van der Waals surface area contributed by atoms with E-state index in [-0.39, 0.29) is 17.2 Å². The highest BCUT2D eigenvalue weighted by Crippen LogP contribution is 2.14. The summed E-state index contributed by atoms with van der Waals surface area (Å²) in [6.07, 6.45) is 0. The molecular formula is C9H15ClN6O. The molecule has 0 aromatic carbocycles. The minimum atomic E-state index is -0.207. The standard InChI is InChI=1S/C9H15ClN6O/c1-5(2)16(15-6(3)17)9-13-7(10)12-8(11-4)14-9/h5H,1-4H3,(H,15,17)(H,11,12,13,14). The van der Waals surface area contributed by atoms with Crippen LogP contribution in [0.5, 0.6) is 0 Å². The highest BCUT2D eigenvalue weighted by atomic mass is 35.5. The average molecular weight is 259 g/mol. The van der Waals surface area contributed by atoms with E-state index in [4.69, 9.17) is 11.6 Å². The molecule has 8 heteroatoms. The van der Waals surface area contributed by atoms with Gasteiger partial charge in [0.1, 0.15) is 0 Å². The molecule has 1 aromatic heterocycles. The van der Waals surface area contributed by atoms with Gasteiger partial charge in [0.15, 0.2) is 0 Å². The average Bonchev–Trinajstić information content (AvgIpc) is 2.24. The smallest absolute Gasteiger partial charge is 0.250 e. The first-order chi connectivity index (χ1) is 7.93. The Morgan fingerprint density at radius 1 is 1.35 bits per heavy atom. The molecule has 0 atom stereocenters. The number of aromatic nitrogens is 3. The van der Waals surface area contributed by atoms with Crippen molar-refractivity contribution >= 4 is 29.4 Å². The highest BCUT2D eigenvalue weighted by Gasteiger charge is 2.16. The van der Waals surface area contributed by atoms with E-state index in [2.05, 4.69) is 25.7 Å². The van der Waals surface area contributed by atoms with Crippen LogP contribution in [0.25, 0.3) is 0 Å². The molecule has 7 nitrogen and oxygen atoms in total. The predicted molar refractivity (Wildman–Crippen MR) is 65.8 cm³/mol. The summed E-state index contributed by atoms with van der Waals surface area (Å²) < 4.78 is 0. The summed E-state index contributed by atoms with van der Waals surface area (Å²) in [5.74, 6) is 0.428. The van der Waals surface area contributed by atoms with Gasteiger partial charge in [0.2, 0.25) is 17.1 Å². The molecule has 0 spiro atoms. The number of hydrogen-bond donors (Lipinski definition) is 2. The van der Waals surface area contributed by atoms with Gasteiger partial charge in [-0.1, -0.05) is 0 Å². The zero-order chi connectivity index (χ0) is 13.0. The van der Waals surface area contributed by atoms with Crippen molar-refractivity contribution in [1.82, 2.24) is 20.4 Å². The number of nitrogens with zero attached hydrogens (tertiary/aromatic N) is 4. The van der Waals surface area contributed by atoms with E-state index in [1.165, 1.54) is 11.9 Å². The molecule has 0 bridgehead atoms. The van der Waals surface area contributed by atoms with Crippen LogP contribution >= 0.6 is 11.6 Å². The van der Waals surface area contributed by atoms with Gasteiger partial charge in [-0.2, -0.15) is 15.0 Å². The van der Waals surface area contributed by atoms with Crippen molar-refractivity contribution in [3.63, 3.8) is 0 Å². The molecule has 2 N–H and O–H groups in total. The quantitative estimate of drug-likeness (QED) is 0.779. The molecule has 17 heavy (non-hydrogen) atoms. The van der Waals surface area contributed by atoms with Crippen LogP contribution in [-0.2, 0) is 4.79 Å². The summed E-state index contributed by atoms with van der Waals surface area (Å²) in [6, 6.07) is -0.0120. The zero-order valence-corrected chi connectivity index (χ0v) is 10.9. The Morgan fingerprint density at radius 2 is 2.00 bits per heavy atom. The van der Waals surface area contributed by atoms with E-state index in [9.17, 15) is 4.79 Å². The molecule has 0 unspecified atom stereocenters. The van der Waals surface area contributed by atoms with Gasteiger partial charge < -0.3 is 5.32 Å². The first-order valence-corrected chi connectivity index (χ1v) is 5.47. The van der Waals surface area contributed by atoms with E-state index in [0.29, 0.717) is 11.9 Å². The van der Waals surface area contributed by atoms with Crippen molar-refractivity contribution in [3.8, 4) is 0 Å². The first-order valence-electron chi connectivity index (χ1n) is 5.09. The maximum Gasteiger partial charge on any atom is 0.250 e. The number of hydrogen-bond acceptors (Lipinski definition) is 6. The van der Waals surface area contributed by atoms with Crippen molar-refractivity contribution in [3.05, 3.63) is 5.28 Å². The minimum Gasteiger partial charge on any atom is -0.357 e. The molecule has 94 valence electrons. The zero-order valence-electron chi connectivity index (χ0n) is 10.2.